The Morgan fingerprint density at radius 1 is 0.419 bits per heavy atom. The first-order chi connectivity index (χ1) is 65.7. The largest absolute Gasteiger partial charge is 2.00 e. The zero-order valence-corrected chi connectivity index (χ0v) is 83.0. The van der Waals surface area contributed by atoms with Crippen molar-refractivity contribution in [2.75, 3.05) is 69.9 Å². The fourth-order valence-electron chi connectivity index (χ4n) is 23.2. The van der Waals surface area contributed by atoms with Crippen LogP contribution >= 0.6 is 17.2 Å². The number of likely N-dealkylation sites (N-methyl/N-ethyl adjacent to an activating group) is 4. The molecule has 0 bridgehead atoms. The molecule has 11 aliphatic rings. The maximum absolute atomic E-state index is 6.14. The quantitative estimate of drug-likeness (QED) is 0.0369. The summed E-state index contributed by atoms with van der Waals surface area (Å²) < 4.78 is 11.3. The van der Waals surface area contributed by atoms with E-state index in [0.29, 0.717) is 42.4 Å². The van der Waals surface area contributed by atoms with Gasteiger partial charge in [0.05, 0.1) is 39.7 Å². The van der Waals surface area contributed by atoms with Gasteiger partial charge in [0, 0.05) is 138 Å². The number of hydrogen-bond donors (Lipinski definition) is 0. The van der Waals surface area contributed by atoms with Gasteiger partial charge in [0.1, 0.15) is 48.5 Å². The van der Waals surface area contributed by atoms with E-state index in [0.717, 1.165) is 93.4 Å². The van der Waals surface area contributed by atoms with E-state index in [4.69, 9.17) is 15.1 Å². The van der Waals surface area contributed by atoms with Crippen molar-refractivity contribution in [3.63, 3.8) is 0 Å². The molecular weight excluding hydrogens is 1800 g/mol. The minimum atomic E-state index is 0. The van der Waals surface area contributed by atoms with Gasteiger partial charge in [-0.1, -0.05) is 278 Å². The molecule has 0 spiro atoms. The van der Waals surface area contributed by atoms with Gasteiger partial charge >= 0.3 is 17.1 Å². The Labute approximate surface area is 828 Å². The van der Waals surface area contributed by atoms with E-state index in [1.54, 1.807) is 16.7 Å². The van der Waals surface area contributed by atoms with Gasteiger partial charge in [-0.3, -0.25) is 11.4 Å². The number of imidazole rings is 1. The van der Waals surface area contributed by atoms with Crippen molar-refractivity contribution >= 4 is 145 Å². The van der Waals surface area contributed by atoms with Crippen LogP contribution in [0.1, 0.15) is 154 Å². The first kappa shape index (κ1) is 91.7. The van der Waals surface area contributed by atoms with Crippen LogP contribution in [0.25, 0.3) is 71.2 Å². The van der Waals surface area contributed by atoms with Crippen LogP contribution in [0, 0.1) is 25.7 Å². The van der Waals surface area contributed by atoms with Crippen molar-refractivity contribution in [3.05, 3.63) is 385 Å². The molecule has 13 aromatic carbocycles. The molecule has 2 radical (unpaired) electrons. The number of pyridine rings is 1. The van der Waals surface area contributed by atoms with Crippen molar-refractivity contribution < 1.29 is 43.1 Å². The van der Waals surface area contributed by atoms with Crippen LogP contribution in [0.15, 0.2) is 321 Å². The minimum Gasteiger partial charge on any atom is -0.715 e. The monoisotopic (exact) mass is 1920 g/mol. The molecule has 12 heterocycles. The van der Waals surface area contributed by atoms with Gasteiger partial charge in [0.2, 0.25) is 0 Å². The zero-order chi connectivity index (χ0) is 90.9. The summed E-state index contributed by atoms with van der Waals surface area (Å²) in [7, 11) is 10.4. The summed E-state index contributed by atoms with van der Waals surface area (Å²) in [6.07, 6.45) is 31.0. The average molecular weight is 1920 g/mol. The summed E-state index contributed by atoms with van der Waals surface area (Å²) in [4.78, 5) is 19.3. The number of fused-ring (bicyclic) bond motifs is 23. The van der Waals surface area contributed by atoms with E-state index >= 15 is 0 Å². The zero-order valence-electron chi connectivity index (χ0n) is 79.1. The molecule has 13 nitrogen and oxygen atoms in total. The first-order valence-electron chi connectivity index (χ1n) is 48.8. The SMILES string of the molecule is CN1C=CN2c3c(ccc4c3oc3ccccc34)CC12.CN1C=CN2c3ccccc3CC12.CN1c2ccccc2N2c3cccc4c3C(C12)C1N(C)c2ccccc2N41.[CH2-]c1ccccc1[N-]c1ccccc1PCC(C)C.[CH2-]c1ccccc1[N-]c1ccccc1PCC(C)C.[Cu+2].[Cu].c1cc(C2CCCCC2)c(-c2c[n+]3c4c5c(cccc5c5ccccc5n24)C3)c(C2CCCCC2)c1. The summed E-state index contributed by atoms with van der Waals surface area (Å²) in [5.41, 5.74) is 33.5. The maximum Gasteiger partial charge on any atom is 2.00 e. The van der Waals surface area contributed by atoms with E-state index in [2.05, 4.69) is 361 Å². The molecular formula is C119H121Cu2N12OP2-. The first-order valence-corrected chi connectivity index (χ1v) is 51.2. The van der Waals surface area contributed by atoms with E-state index in [1.165, 1.54) is 199 Å². The molecule has 2 saturated carbocycles. The van der Waals surface area contributed by atoms with E-state index in [9.17, 15) is 0 Å². The average Bonchev–Trinajstić information content (AvgIpc) is 1.49. The third-order valence-corrected chi connectivity index (χ3v) is 33.3. The predicted molar refractivity (Wildman–Crippen MR) is 569 cm³/mol. The smallest absolute Gasteiger partial charge is 0.715 e. The van der Waals surface area contributed by atoms with E-state index in [-0.39, 0.29) is 34.1 Å². The number of furan rings is 1. The fraction of sp³-hybridized carbons (Fsp3) is 0.269. The van der Waals surface area contributed by atoms with Crippen LogP contribution in [-0.2, 0) is 53.5 Å². The second-order valence-corrected chi connectivity index (χ2v) is 41.6. The number of nitrogens with zero attached hydrogens (tertiary/aromatic N) is 12. The van der Waals surface area contributed by atoms with Crippen LogP contribution < -0.4 is 44.6 Å². The molecule has 3 aromatic heterocycles. The van der Waals surface area contributed by atoms with Crippen molar-refractivity contribution in [2.24, 2.45) is 11.8 Å². The Morgan fingerprint density at radius 2 is 0.875 bits per heavy atom. The predicted octanol–water partition coefficient (Wildman–Crippen LogP) is 29.1. The van der Waals surface area contributed by atoms with Crippen LogP contribution in [0.3, 0.4) is 0 Å². The Morgan fingerprint density at radius 3 is 1.46 bits per heavy atom. The molecule has 9 aliphatic heterocycles. The van der Waals surface area contributed by atoms with Crippen LogP contribution in [0.2, 0.25) is 0 Å². The van der Waals surface area contributed by atoms with Gasteiger partial charge < -0.3 is 54.3 Å². The number of benzene rings is 13. The Hall–Kier alpha value is -12.0. The summed E-state index contributed by atoms with van der Waals surface area (Å²) in [5.74, 6) is 3.27. The number of rotatable bonds is 13. The van der Waals surface area contributed by atoms with Gasteiger partial charge in [0.25, 0.3) is 5.65 Å². The normalized spacial score (nSPS) is 18.4. The van der Waals surface area contributed by atoms with Crippen LogP contribution in [-0.4, -0.2) is 79.4 Å². The topological polar surface area (TPSA) is 75.6 Å². The number of anilines is 8. The summed E-state index contributed by atoms with van der Waals surface area (Å²) in [6, 6.07) is 102. The second-order valence-electron chi connectivity index (χ2n) is 39.0. The van der Waals surface area contributed by atoms with Crippen molar-refractivity contribution in [1.82, 2.24) is 14.2 Å². The number of para-hydroxylation sites is 11. The molecule has 696 valence electrons. The van der Waals surface area contributed by atoms with Gasteiger partial charge in [-0.05, 0) is 149 Å². The molecule has 0 N–H and O–H groups in total. The fourth-order valence-corrected chi connectivity index (χ4v) is 25.5. The number of aromatic nitrogens is 2. The van der Waals surface area contributed by atoms with Crippen molar-refractivity contribution in [2.45, 2.75) is 154 Å². The summed E-state index contributed by atoms with van der Waals surface area (Å²) in [6.45, 7) is 18.1. The molecule has 16 aromatic rings. The van der Waals surface area contributed by atoms with Crippen molar-refractivity contribution in [3.8, 4) is 11.3 Å². The summed E-state index contributed by atoms with van der Waals surface area (Å²) >= 11 is 0. The molecule has 2 aliphatic carbocycles. The van der Waals surface area contributed by atoms with Crippen LogP contribution in [0.4, 0.5) is 68.2 Å². The third-order valence-electron chi connectivity index (χ3n) is 29.7. The molecule has 6 unspecified atom stereocenters. The van der Waals surface area contributed by atoms with Crippen LogP contribution in [0.5, 0.6) is 0 Å². The summed E-state index contributed by atoms with van der Waals surface area (Å²) in [5, 5.41) is 18.9. The van der Waals surface area contributed by atoms with Gasteiger partial charge in [-0.25, -0.2) is 29.5 Å². The Balaban J connectivity index is 0.000000104. The van der Waals surface area contributed by atoms with E-state index < -0.39 is 0 Å². The molecule has 0 amide bonds. The molecule has 27 rings (SSSR count). The molecule has 17 heteroatoms. The van der Waals surface area contributed by atoms with E-state index in [1.807, 2.05) is 72.8 Å². The van der Waals surface area contributed by atoms with Gasteiger partial charge in [-0.15, -0.1) is 35.6 Å². The standard InChI is InChI=1S/C34H35N2.C23H20N4.C17H14N2O.2C17H20NP.C11H12N2.2Cu/c1-3-11-23(12-4-1)26-17-10-18-27(24-13-5-2-6-14-24)33(26)31-22-35-21-25-15-9-19-29-28-16-7-8-20-30(28)36(31)34(35)32(25)29;1-24-14-8-3-5-10-16(14)26-18-12-7-13-19-20(18)21(22(24)26)23-25(2)15-9-4-6-11-17(15)27(19)23;1-18-8-9-19-15(18)10-11-6-7-13-12-4-2-3-5-14(12)20-17(13)16(11)19;2*1-13(2)12-19-17-11-7-6-10-16(17)18-15-9-5-4-8-14(15)3;1-12-6-7-13-10-5-3-2-4-9(10)8-11(12)13;;/h7-10,15-20,22-24H,1-6,11-14,21H2;3-13,21-23H,1-2H3;2-9,15H,10H2,1H3;2*4-11,13,19H,3,12H2,1-2H3;2-7,11H,8H2,1H3;;/q+1;;;2*-2;;;+2. The van der Waals surface area contributed by atoms with Crippen molar-refractivity contribution in [1.29, 1.82) is 0 Å². The van der Waals surface area contributed by atoms with Gasteiger partial charge in [0.15, 0.2) is 11.3 Å². The molecule has 136 heavy (non-hydrogen) atoms. The number of hydrogen-bond acceptors (Lipinski definition) is 9. The molecule has 0 saturated heterocycles. The second kappa shape index (κ2) is 39.2. The Bertz CT molecular complexity index is 6950. The maximum atomic E-state index is 6.14. The molecule has 2 fully saturated rings. The molecule has 6 atom stereocenters. The minimum absolute atomic E-state index is 0. The third kappa shape index (κ3) is 16.8. The van der Waals surface area contributed by atoms with Gasteiger partial charge in [-0.2, -0.15) is 16.5 Å². The Kier molecular flexibility index (Phi) is 26.5.